The van der Waals surface area contributed by atoms with Crippen molar-refractivity contribution in [1.29, 1.82) is 10.5 Å². The van der Waals surface area contributed by atoms with Crippen molar-refractivity contribution < 1.29 is 0 Å². The number of imidazole rings is 1. The van der Waals surface area contributed by atoms with Gasteiger partial charge in [-0.15, -0.1) is 0 Å². The maximum absolute atomic E-state index is 8.91. The molecule has 0 aliphatic carbocycles. The third-order valence-corrected chi connectivity index (χ3v) is 2.93. The van der Waals surface area contributed by atoms with E-state index in [1.807, 2.05) is 26.0 Å². The van der Waals surface area contributed by atoms with Gasteiger partial charge in [-0.1, -0.05) is 13.8 Å². The number of hydrogen-bond acceptors (Lipinski definition) is 4. The van der Waals surface area contributed by atoms with Crippen LogP contribution in [0.3, 0.4) is 0 Å². The fourth-order valence-electron chi connectivity index (χ4n) is 1.21. The number of thiol groups is 1. The molecule has 1 aromatic heterocycles. The number of hydrogen-bond donors (Lipinski definition) is 1. The van der Waals surface area contributed by atoms with Crippen LogP contribution in [0.25, 0.3) is 0 Å². The molecule has 78 valence electrons. The Kier molecular flexibility index (Phi) is 3.39. The maximum atomic E-state index is 8.91. The van der Waals surface area contributed by atoms with Gasteiger partial charge >= 0.3 is 0 Å². The third-order valence-electron chi connectivity index (χ3n) is 2.08. The zero-order chi connectivity index (χ0) is 11.5. The molecular weight excluding hydrogens is 208 g/mol. The van der Waals surface area contributed by atoms with E-state index in [0.29, 0.717) is 18.0 Å². The SMILES string of the molecule is CC(C)(CS)Cn1cnc(C#N)c1C#N. The van der Waals surface area contributed by atoms with Crippen LogP contribution >= 0.6 is 12.6 Å². The quantitative estimate of drug-likeness (QED) is 0.786. The normalized spacial score (nSPS) is 10.7. The summed E-state index contributed by atoms with van der Waals surface area (Å²) in [6.45, 7) is 4.73. The molecule has 0 atom stereocenters. The summed E-state index contributed by atoms with van der Waals surface area (Å²) < 4.78 is 1.70. The standard InChI is InChI=1S/C10H12N4S/c1-10(2,6-15)5-14-7-13-8(3-11)9(14)4-12/h7,15H,5-6H2,1-2H3. The molecule has 5 heteroatoms. The highest BCUT2D eigenvalue weighted by molar-refractivity contribution is 7.80. The summed E-state index contributed by atoms with van der Waals surface area (Å²) in [5, 5.41) is 17.6. The monoisotopic (exact) mass is 220 g/mol. The summed E-state index contributed by atoms with van der Waals surface area (Å²) in [6.07, 6.45) is 1.53. The largest absolute Gasteiger partial charge is 0.321 e. The second-order valence-corrected chi connectivity index (χ2v) is 4.43. The lowest BCUT2D eigenvalue weighted by Gasteiger charge is -2.22. The first-order valence-electron chi connectivity index (χ1n) is 4.50. The predicted molar refractivity (Wildman–Crippen MR) is 59.3 cm³/mol. The fraction of sp³-hybridized carbons (Fsp3) is 0.500. The average Bonchev–Trinajstić information content (AvgIpc) is 2.59. The minimum atomic E-state index is -0.0257. The lowest BCUT2D eigenvalue weighted by atomic mass is 9.96. The predicted octanol–water partition coefficient (Wildman–Crippen LogP) is 1.58. The molecule has 0 N–H and O–H groups in total. The van der Waals surface area contributed by atoms with Crippen LogP contribution in [0, 0.1) is 28.1 Å². The smallest absolute Gasteiger partial charge is 0.176 e. The van der Waals surface area contributed by atoms with Crippen molar-refractivity contribution in [3.63, 3.8) is 0 Å². The summed E-state index contributed by atoms with van der Waals surface area (Å²) in [5.74, 6) is 0.706. The van der Waals surface area contributed by atoms with Crippen LogP contribution in [-0.4, -0.2) is 15.3 Å². The minimum Gasteiger partial charge on any atom is -0.321 e. The Balaban J connectivity index is 3.03. The number of nitriles is 2. The van der Waals surface area contributed by atoms with E-state index in [1.54, 1.807) is 4.57 Å². The number of rotatable bonds is 3. The molecule has 4 nitrogen and oxygen atoms in total. The molecule has 0 aromatic carbocycles. The van der Waals surface area contributed by atoms with Crippen LogP contribution in [0.1, 0.15) is 25.2 Å². The van der Waals surface area contributed by atoms with Gasteiger partial charge in [0.1, 0.15) is 12.1 Å². The topological polar surface area (TPSA) is 65.4 Å². The zero-order valence-electron chi connectivity index (χ0n) is 8.73. The van der Waals surface area contributed by atoms with Gasteiger partial charge in [-0.25, -0.2) is 4.98 Å². The molecule has 0 unspecified atom stereocenters. The lowest BCUT2D eigenvalue weighted by molar-refractivity contribution is 0.351. The van der Waals surface area contributed by atoms with Crippen molar-refractivity contribution in [3.05, 3.63) is 17.7 Å². The Hall–Kier alpha value is -1.46. The van der Waals surface area contributed by atoms with Crippen molar-refractivity contribution in [2.24, 2.45) is 5.41 Å². The molecule has 0 bridgehead atoms. The van der Waals surface area contributed by atoms with Crippen LogP contribution in [0.4, 0.5) is 0 Å². The lowest BCUT2D eigenvalue weighted by Crippen LogP contribution is -2.21. The van der Waals surface area contributed by atoms with E-state index < -0.39 is 0 Å². The van der Waals surface area contributed by atoms with Gasteiger partial charge in [0.2, 0.25) is 0 Å². The Bertz CT molecular complexity index is 433. The summed E-state index contributed by atoms with van der Waals surface area (Å²) in [4.78, 5) is 3.88. The number of nitrogens with zero attached hydrogens (tertiary/aromatic N) is 4. The highest BCUT2D eigenvalue weighted by Crippen LogP contribution is 2.21. The molecule has 0 aliphatic rings. The first-order chi connectivity index (χ1) is 7.04. The molecule has 0 saturated carbocycles. The van der Waals surface area contributed by atoms with E-state index >= 15 is 0 Å². The summed E-state index contributed by atoms with van der Waals surface area (Å²) in [5.41, 5.74) is 0.488. The van der Waals surface area contributed by atoms with E-state index in [0.717, 1.165) is 0 Å². The van der Waals surface area contributed by atoms with Crippen molar-refractivity contribution in [3.8, 4) is 12.1 Å². The Morgan fingerprint density at radius 3 is 2.60 bits per heavy atom. The molecular formula is C10H12N4S. The molecule has 1 rings (SSSR count). The average molecular weight is 220 g/mol. The van der Waals surface area contributed by atoms with Crippen LogP contribution in [0.2, 0.25) is 0 Å². The highest BCUT2D eigenvalue weighted by Gasteiger charge is 2.19. The van der Waals surface area contributed by atoms with Crippen LogP contribution in [0.15, 0.2) is 6.33 Å². The maximum Gasteiger partial charge on any atom is 0.176 e. The van der Waals surface area contributed by atoms with E-state index in [-0.39, 0.29) is 11.1 Å². The summed E-state index contributed by atoms with van der Waals surface area (Å²) in [7, 11) is 0. The minimum absolute atomic E-state index is 0.0257. The van der Waals surface area contributed by atoms with E-state index in [9.17, 15) is 0 Å². The Morgan fingerprint density at radius 2 is 2.13 bits per heavy atom. The molecule has 0 radical (unpaired) electrons. The van der Waals surface area contributed by atoms with Gasteiger partial charge in [0.25, 0.3) is 0 Å². The van der Waals surface area contributed by atoms with Gasteiger partial charge in [0.05, 0.1) is 6.33 Å². The van der Waals surface area contributed by atoms with Crippen molar-refractivity contribution >= 4 is 12.6 Å². The summed E-state index contributed by atoms with van der Waals surface area (Å²) >= 11 is 4.24. The van der Waals surface area contributed by atoms with Crippen LogP contribution in [0.5, 0.6) is 0 Å². The van der Waals surface area contributed by atoms with Gasteiger partial charge < -0.3 is 4.57 Å². The summed E-state index contributed by atoms with van der Waals surface area (Å²) in [6, 6.07) is 3.89. The second kappa shape index (κ2) is 4.37. The van der Waals surface area contributed by atoms with E-state index in [2.05, 4.69) is 17.6 Å². The molecule has 1 aromatic rings. The fourth-order valence-corrected chi connectivity index (χ4v) is 1.31. The molecule has 0 aliphatic heterocycles. The van der Waals surface area contributed by atoms with Gasteiger partial charge in [0.15, 0.2) is 11.4 Å². The first kappa shape index (κ1) is 11.6. The third kappa shape index (κ3) is 2.51. The van der Waals surface area contributed by atoms with Crippen molar-refractivity contribution in [1.82, 2.24) is 9.55 Å². The van der Waals surface area contributed by atoms with Gasteiger partial charge in [-0.3, -0.25) is 0 Å². The van der Waals surface area contributed by atoms with E-state index in [4.69, 9.17) is 10.5 Å². The molecule has 15 heavy (non-hydrogen) atoms. The Morgan fingerprint density at radius 1 is 1.47 bits per heavy atom. The first-order valence-corrected chi connectivity index (χ1v) is 5.13. The Labute approximate surface area is 94.6 Å². The second-order valence-electron chi connectivity index (χ2n) is 4.12. The van der Waals surface area contributed by atoms with Crippen LogP contribution < -0.4 is 0 Å². The molecule has 0 fully saturated rings. The molecule has 0 spiro atoms. The highest BCUT2D eigenvalue weighted by atomic mass is 32.1. The molecule has 0 amide bonds. The van der Waals surface area contributed by atoms with Crippen molar-refractivity contribution in [2.75, 3.05) is 5.75 Å². The van der Waals surface area contributed by atoms with Crippen LogP contribution in [-0.2, 0) is 6.54 Å². The number of aromatic nitrogens is 2. The van der Waals surface area contributed by atoms with Gasteiger partial charge in [-0.05, 0) is 11.2 Å². The van der Waals surface area contributed by atoms with E-state index in [1.165, 1.54) is 6.33 Å². The molecule has 1 heterocycles. The van der Waals surface area contributed by atoms with Gasteiger partial charge in [-0.2, -0.15) is 23.2 Å². The van der Waals surface area contributed by atoms with Crippen molar-refractivity contribution in [2.45, 2.75) is 20.4 Å². The zero-order valence-corrected chi connectivity index (χ0v) is 9.62. The molecule has 0 saturated heterocycles. The van der Waals surface area contributed by atoms with Gasteiger partial charge in [0, 0.05) is 6.54 Å².